The lowest BCUT2D eigenvalue weighted by Crippen LogP contribution is -2.29. The molecule has 0 bridgehead atoms. The van der Waals surface area contributed by atoms with Crippen molar-refractivity contribution in [3.05, 3.63) is 69.2 Å². The third-order valence-corrected chi connectivity index (χ3v) is 9.28. The third kappa shape index (κ3) is 4.71. The van der Waals surface area contributed by atoms with Gasteiger partial charge in [-0.2, -0.15) is 18.4 Å². The Morgan fingerprint density at radius 2 is 1.94 bits per heavy atom. The molecule has 2 aliphatic rings. The van der Waals surface area contributed by atoms with E-state index in [2.05, 4.69) is 0 Å². The molecule has 0 aromatic heterocycles. The van der Waals surface area contributed by atoms with Crippen LogP contribution in [-0.4, -0.2) is 32.1 Å². The average molecular weight is 511 g/mol. The van der Waals surface area contributed by atoms with Crippen molar-refractivity contribution in [2.24, 2.45) is 10.8 Å². The maximum absolute atomic E-state index is 13.4. The molecule has 2 aromatic carbocycles. The van der Waals surface area contributed by atoms with E-state index in [0.29, 0.717) is 54.9 Å². The molecular weight excluding hydrogens is 485 g/mol. The second kappa shape index (κ2) is 8.54. The molecule has 9 heteroatoms. The number of aryl methyl sites for hydroxylation is 2. The second-order valence-electron chi connectivity index (χ2n) is 9.83. The Morgan fingerprint density at radius 1 is 1.21 bits per heavy atom. The monoisotopic (exact) mass is 510 g/mol. The van der Waals surface area contributed by atoms with Gasteiger partial charge in [-0.3, -0.25) is 0 Å². The molecule has 182 valence electrons. The van der Waals surface area contributed by atoms with Gasteiger partial charge in [0, 0.05) is 13.1 Å². The predicted molar refractivity (Wildman–Crippen MR) is 125 cm³/mol. The van der Waals surface area contributed by atoms with Crippen molar-refractivity contribution in [1.82, 2.24) is 4.31 Å². The molecule has 1 spiro atoms. The highest BCUT2D eigenvalue weighted by Crippen LogP contribution is 2.72. The number of nitriles is 1. The molecule has 1 aliphatic heterocycles. The molecule has 2 aromatic rings. The number of halogens is 4. The summed E-state index contributed by atoms with van der Waals surface area (Å²) in [6.07, 6.45) is 0.0528. The van der Waals surface area contributed by atoms with Crippen LogP contribution < -0.4 is 0 Å². The fourth-order valence-corrected chi connectivity index (χ4v) is 6.73. The van der Waals surface area contributed by atoms with E-state index in [1.54, 1.807) is 12.1 Å². The van der Waals surface area contributed by atoms with Crippen LogP contribution in [0.3, 0.4) is 0 Å². The van der Waals surface area contributed by atoms with Gasteiger partial charge >= 0.3 is 6.18 Å². The summed E-state index contributed by atoms with van der Waals surface area (Å²) in [5.74, 6) is 0. The molecule has 2 atom stereocenters. The summed E-state index contributed by atoms with van der Waals surface area (Å²) in [5.41, 5.74) is 1.58. The molecular formula is C25H26ClF3N2O2S. The topological polar surface area (TPSA) is 61.2 Å². The van der Waals surface area contributed by atoms with E-state index >= 15 is 0 Å². The van der Waals surface area contributed by atoms with Crippen molar-refractivity contribution in [3.63, 3.8) is 0 Å². The molecule has 1 saturated heterocycles. The quantitative estimate of drug-likeness (QED) is 0.496. The molecule has 2 fully saturated rings. The molecule has 0 N–H and O–H groups in total. The van der Waals surface area contributed by atoms with Gasteiger partial charge < -0.3 is 0 Å². The standard InChI is InChI=1S/C25H26ClF3N2O2S/c1-17-3-6-21(25(27,28)29)12-20(17)13-23(8-7-18-4-5-19(14-30)22(26)11-18)15-24(23)9-10-31(16-24)34(2,32)33/h3-6,11-12H,7-10,13,15-16H2,1-2H3/t23-,24+/m1/s1. The molecule has 1 saturated carbocycles. The van der Waals surface area contributed by atoms with E-state index in [4.69, 9.17) is 16.9 Å². The van der Waals surface area contributed by atoms with E-state index in [1.807, 2.05) is 19.1 Å². The number of benzene rings is 2. The van der Waals surface area contributed by atoms with Crippen molar-refractivity contribution < 1.29 is 21.6 Å². The normalized spacial score (nSPS) is 25.0. The molecule has 4 nitrogen and oxygen atoms in total. The van der Waals surface area contributed by atoms with Crippen molar-refractivity contribution in [2.75, 3.05) is 19.3 Å². The highest BCUT2D eigenvalue weighted by Gasteiger charge is 2.68. The summed E-state index contributed by atoms with van der Waals surface area (Å²) in [4.78, 5) is 0. The average Bonchev–Trinajstić information content (AvgIpc) is 3.09. The Morgan fingerprint density at radius 3 is 2.53 bits per heavy atom. The lowest BCUT2D eigenvalue weighted by molar-refractivity contribution is -0.137. The van der Waals surface area contributed by atoms with Crippen LogP contribution in [0.2, 0.25) is 5.02 Å². The maximum Gasteiger partial charge on any atom is 0.416 e. The molecule has 1 heterocycles. The largest absolute Gasteiger partial charge is 0.416 e. The van der Waals surface area contributed by atoms with E-state index in [0.717, 1.165) is 23.6 Å². The minimum Gasteiger partial charge on any atom is -0.213 e. The van der Waals surface area contributed by atoms with Gasteiger partial charge in [-0.1, -0.05) is 23.7 Å². The van der Waals surface area contributed by atoms with Gasteiger partial charge in [0.25, 0.3) is 0 Å². The van der Waals surface area contributed by atoms with Gasteiger partial charge in [0.15, 0.2) is 0 Å². The van der Waals surface area contributed by atoms with E-state index in [-0.39, 0.29) is 10.8 Å². The highest BCUT2D eigenvalue weighted by molar-refractivity contribution is 7.88. The third-order valence-electron chi connectivity index (χ3n) is 7.72. The van der Waals surface area contributed by atoms with Crippen LogP contribution in [-0.2, 0) is 29.0 Å². The van der Waals surface area contributed by atoms with Gasteiger partial charge in [-0.05, 0) is 90.8 Å². The highest BCUT2D eigenvalue weighted by atomic mass is 35.5. The zero-order valence-electron chi connectivity index (χ0n) is 19.0. The van der Waals surface area contributed by atoms with Crippen molar-refractivity contribution in [1.29, 1.82) is 5.26 Å². The summed E-state index contributed by atoms with van der Waals surface area (Å²) in [6.45, 7) is 2.65. The Labute approximate surface area is 203 Å². The van der Waals surface area contributed by atoms with Crippen LogP contribution in [0.5, 0.6) is 0 Å². The minimum atomic E-state index is -4.42. The zero-order chi connectivity index (χ0) is 24.9. The molecule has 0 amide bonds. The smallest absolute Gasteiger partial charge is 0.213 e. The summed E-state index contributed by atoms with van der Waals surface area (Å²) in [7, 11) is -3.33. The molecule has 0 unspecified atom stereocenters. The first kappa shape index (κ1) is 25.0. The minimum absolute atomic E-state index is 0.243. The van der Waals surface area contributed by atoms with Crippen molar-refractivity contribution in [3.8, 4) is 6.07 Å². The Hall–Kier alpha value is -2.08. The second-order valence-corrected chi connectivity index (χ2v) is 12.2. The predicted octanol–water partition coefficient (Wildman–Crippen LogP) is 5.76. The number of rotatable bonds is 6. The molecule has 4 rings (SSSR count). The molecule has 0 radical (unpaired) electrons. The lowest BCUT2D eigenvalue weighted by atomic mass is 9.80. The molecule has 1 aliphatic carbocycles. The van der Waals surface area contributed by atoms with Gasteiger partial charge in [0.05, 0.1) is 22.4 Å². The van der Waals surface area contributed by atoms with E-state index < -0.39 is 21.8 Å². The summed E-state index contributed by atoms with van der Waals surface area (Å²) in [6, 6.07) is 11.2. The van der Waals surface area contributed by atoms with E-state index in [1.165, 1.54) is 22.7 Å². The van der Waals surface area contributed by atoms with Crippen LogP contribution in [0.25, 0.3) is 0 Å². The first-order chi connectivity index (χ1) is 15.8. The Balaban J connectivity index is 1.64. The number of nitrogens with zero attached hydrogens (tertiary/aromatic N) is 2. The van der Waals surface area contributed by atoms with Crippen LogP contribution in [0, 0.1) is 29.1 Å². The Kier molecular flexibility index (Phi) is 6.29. The first-order valence-corrected chi connectivity index (χ1v) is 13.3. The zero-order valence-corrected chi connectivity index (χ0v) is 20.6. The van der Waals surface area contributed by atoms with Crippen molar-refractivity contribution in [2.45, 2.75) is 45.2 Å². The number of hydrogen-bond acceptors (Lipinski definition) is 3. The maximum atomic E-state index is 13.4. The van der Waals surface area contributed by atoms with Gasteiger partial charge in [-0.25, -0.2) is 12.7 Å². The van der Waals surface area contributed by atoms with E-state index in [9.17, 15) is 21.6 Å². The fourth-order valence-electron chi connectivity index (χ4n) is 5.58. The fraction of sp³-hybridized carbons (Fsp3) is 0.480. The summed E-state index contributed by atoms with van der Waals surface area (Å²) in [5, 5.41) is 9.48. The van der Waals surface area contributed by atoms with Crippen LogP contribution in [0.4, 0.5) is 13.2 Å². The Bertz CT molecular complexity index is 1270. The van der Waals surface area contributed by atoms with Crippen LogP contribution in [0.1, 0.15) is 47.1 Å². The van der Waals surface area contributed by atoms with Crippen LogP contribution >= 0.6 is 11.6 Å². The number of sulfonamides is 1. The SMILES string of the molecule is Cc1ccc(C(F)(F)F)cc1C[C@]1(CCc2ccc(C#N)c(Cl)c2)C[C@]12CCN(S(C)(=O)=O)C2. The van der Waals surface area contributed by atoms with Gasteiger partial charge in [-0.15, -0.1) is 0 Å². The lowest BCUT2D eigenvalue weighted by Gasteiger charge is -2.25. The van der Waals surface area contributed by atoms with Crippen molar-refractivity contribution >= 4 is 21.6 Å². The number of alkyl halides is 3. The molecule has 34 heavy (non-hydrogen) atoms. The van der Waals surface area contributed by atoms with Crippen LogP contribution in [0.15, 0.2) is 36.4 Å². The van der Waals surface area contributed by atoms with Gasteiger partial charge in [0.2, 0.25) is 10.0 Å². The summed E-state index contributed by atoms with van der Waals surface area (Å²) < 4.78 is 66.0. The number of hydrogen-bond donors (Lipinski definition) is 0. The van der Waals surface area contributed by atoms with Gasteiger partial charge in [0.1, 0.15) is 6.07 Å². The summed E-state index contributed by atoms with van der Waals surface area (Å²) >= 11 is 6.19. The first-order valence-electron chi connectivity index (χ1n) is 11.1.